The number of alkyl halides is 3. The molecule has 0 aromatic carbocycles. The fourth-order valence-corrected chi connectivity index (χ4v) is 2.33. The second kappa shape index (κ2) is 6.40. The molecule has 2 radical (unpaired) electrons. The van der Waals surface area contributed by atoms with Crippen molar-refractivity contribution in [2.45, 2.75) is 16.9 Å². The topological polar surface area (TPSA) is 0 Å². The largest absolute Gasteiger partial charge is 0.110 e. The number of rotatable bonds is 4. The van der Waals surface area contributed by atoms with Gasteiger partial charge < -0.3 is 0 Å². The molecule has 0 bridgehead atoms. The van der Waals surface area contributed by atoms with Gasteiger partial charge in [0.15, 0.2) is 0 Å². The molecule has 0 aliphatic heterocycles. The van der Waals surface area contributed by atoms with Gasteiger partial charge in [-0.3, -0.25) is 0 Å². The van der Waals surface area contributed by atoms with Gasteiger partial charge in [0.2, 0.25) is 0 Å². The Kier molecular flexibility index (Phi) is 7.42. The van der Waals surface area contributed by atoms with Crippen LogP contribution in [0.25, 0.3) is 0 Å². The van der Waals surface area contributed by atoms with Gasteiger partial charge >= 0.3 is 0 Å². The second-order valence-corrected chi connectivity index (χ2v) is 5.40. The number of halogens is 3. The molecular formula is C4H7BrCl2Si. The minimum Gasteiger partial charge on any atom is -0.110 e. The SMILES string of the molecule is ClC(Cl)[Si]CCCBr. The standard InChI is InChI=1S/C4H7BrCl2Si/c5-2-1-3-8-4(6)7/h4H,1-3H2. The Bertz CT molecular complexity index is 51.3. The van der Waals surface area contributed by atoms with Crippen LogP contribution in [0.15, 0.2) is 0 Å². The van der Waals surface area contributed by atoms with Crippen molar-refractivity contribution in [2.75, 3.05) is 5.33 Å². The van der Waals surface area contributed by atoms with Crippen LogP contribution in [0.4, 0.5) is 0 Å². The molecule has 0 aromatic heterocycles. The summed E-state index contributed by atoms with van der Waals surface area (Å²) in [7, 11) is 0.696. The first-order valence-electron chi connectivity index (χ1n) is 2.35. The monoisotopic (exact) mass is 232 g/mol. The summed E-state index contributed by atoms with van der Waals surface area (Å²) in [6.07, 6.45) is 1.17. The Hall–Kier alpha value is 1.28. The summed E-state index contributed by atoms with van der Waals surface area (Å²) >= 11 is 14.3. The second-order valence-electron chi connectivity index (χ2n) is 1.30. The third-order valence-electron chi connectivity index (χ3n) is 0.609. The van der Waals surface area contributed by atoms with Crippen molar-refractivity contribution < 1.29 is 0 Å². The highest BCUT2D eigenvalue weighted by molar-refractivity contribution is 9.09. The fraction of sp³-hybridized carbons (Fsp3) is 1.00. The van der Waals surface area contributed by atoms with Crippen LogP contribution in [-0.4, -0.2) is 19.3 Å². The third-order valence-corrected chi connectivity index (χ3v) is 3.05. The summed E-state index contributed by atoms with van der Waals surface area (Å²) in [4.78, 5) is 0. The van der Waals surface area contributed by atoms with Crippen LogP contribution in [0.3, 0.4) is 0 Å². The van der Waals surface area contributed by atoms with E-state index in [2.05, 4.69) is 15.9 Å². The lowest BCUT2D eigenvalue weighted by atomic mass is 10.6. The van der Waals surface area contributed by atoms with Gasteiger partial charge in [-0.05, 0) is 6.42 Å². The Morgan fingerprint density at radius 1 is 1.50 bits per heavy atom. The van der Waals surface area contributed by atoms with Crippen molar-refractivity contribution in [1.82, 2.24) is 0 Å². The predicted molar refractivity (Wildman–Crippen MR) is 44.5 cm³/mol. The van der Waals surface area contributed by atoms with Gasteiger partial charge in [-0.15, -0.1) is 23.2 Å². The predicted octanol–water partition coefficient (Wildman–Crippen LogP) is 2.66. The van der Waals surface area contributed by atoms with Gasteiger partial charge in [0, 0.05) is 5.33 Å². The summed E-state index contributed by atoms with van der Waals surface area (Å²) in [5.74, 6) is 0. The van der Waals surface area contributed by atoms with Crippen LogP contribution in [0, 0.1) is 0 Å². The van der Waals surface area contributed by atoms with Crippen LogP contribution in [0.2, 0.25) is 6.04 Å². The zero-order chi connectivity index (χ0) is 6.41. The molecule has 0 N–H and O–H groups in total. The van der Waals surface area contributed by atoms with E-state index in [1.54, 1.807) is 0 Å². The van der Waals surface area contributed by atoms with Crippen LogP contribution < -0.4 is 0 Å². The Labute approximate surface area is 70.9 Å². The number of hydrogen-bond acceptors (Lipinski definition) is 0. The molecule has 0 aliphatic rings. The van der Waals surface area contributed by atoms with Crippen molar-refractivity contribution in [3.05, 3.63) is 0 Å². The third kappa shape index (κ3) is 7.28. The summed E-state index contributed by atoms with van der Waals surface area (Å²) in [6.45, 7) is 0. The lowest BCUT2D eigenvalue weighted by molar-refractivity contribution is 1.10. The van der Waals surface area contributed by atoms with Gasteiger partial charge in [0.25, 0.3) is 0 Å². The van der Waals surface area contributed by atoms with E-state index < -0.39 is 0 Å². The first-order valence-corrected chi connectivity index (χ1v) is 5.62. The van der Waals surface area contributed by atoms with Crippen molar-refractivity contribution in [3.8, 4) is 0 Å². The summed E-state index contributed by atoms with van der Waals surface area (Å²) in [5.41, 5.74) is 0. The van der Waals surface area contributed by atoms with Crippen molar-refractivity contribution >= 4 is 48.7 Å². The first kappa shape index (κ1) is 9.28. The van der Waals surface area contributed by atoms with Crippen LogP contribution in [0.5, 0.6) is 0 Å². The number of hydrogen-bond donors (Lipinski definition) is 0. The van der Waals surface area contributed by atoms with E-state index in [9.17, 15) is 0 Å². The Morgan fingerprint density at radius 2 is 2.12 bits per heavy atom. The summed E-state index contributed by atoms with van der Waals surface area (Å²) in [5, 5.41) is 1.06. The summed E-state index contributed by atoms with van der Waals surface area (Å²) < 4.78 is -0.144. The molecule has 4 heteroatoms. The van der Waals surface area contributed by atoms with Crippen molar-refractivity contribution in [3.63, 3.8) is 0 Å². The van der Waals surface area contributed by atoms with Gasteiger partial charge in [-0.25, -0.2) is 0 Å². The molecule has 0 spiro atoms. The molecule has 0 unspecified atom stereocenters. The Balaban J connectivity index is 2.72. The van der Waals surface area contributed by atoms with Gasteiger partial charge in [-0.1, -0.05) is 22.0 Å². The van der Waals surface area contributed by atoms with Crippen LogP contribution in [-0.2, 0) is 0 Å². The molecule has 0 amide bonds. The maximum atomic E-state index is 5.48. The molecular weight excluding hydrogens is 227 g/mol. The van der Waals surface area contributed by atoms with E-state index >= 15 is 0 Å². The normalized spacial score (nSPS) is 10.5. The lowest BCUT2D eigenvalue weighted by Gasteiger charge is -1.94. The van der Waals surface area contributed by atoms with Crippen molar-refractivity contribution in [2.24, 2.45) is 0 Å². The molecule has 0 saturated carbocycles. The highest BCUT2D eigenvalue weighted by Crippen LogP contribution is 2.03. The molecule has 0 saturated heterocycles. The smallest absolute Gasteiger partial charge is 0.0929 e. The van der Waals surface area contributed by atoms with E-state index in [1.165, 1.54) is 6.42 Å². The minimum atomic E-state index is -0.144. The van der Waals surface area contributed by atoms with Crippen LogP contribution >= 0.6 is 39.1 Å². The first-order chi connectivity index (χ1) is 3.77. The molecule has 0 fully saturated rings. The maximum Gasteiger partial charge on any atom is 0.0929 e. The average Bonchev–Trinajstić information content (AvgIpc) is 1.66. The fourth-order valence-electron chi connectivity index (χ4n) is 0.278. The molecule has 0 aliphatic carbocycles. The zero-order valence-corrected chi connectivity index (χ0v) is 8.43. The van der Waals surface area contributed by atoms with E-state index in [0.717, 1.165) is 11.4 Å². The van der Waals surface area contributed by atoms with E-state index in [-0.39, 0.29) is 4.46 Å². The quantitative estimate of drug-likeness (QED) is 0.398. The highest BCUT2D eigenvalue weighted by Gasteiger charge is 1.97. The maximum absolute atomic E-state index is 5.48. The molecule has 0 heterocycles. The molecule has 0 atom stereocenters. The van der Waals surface area contributed by atoms with Gasteiger partial charge in [-0.2, -0.15) is 0 Å². The van der Waals surface area contributed by atoms with Gasteiger partial charge in [0.1, 0.15) is 0 Å². The average molecular weight is 234 g/mol. The lowest BCUT2D eigenvalue weighted by Crippen LogP contribution is -1.99. The summed E-state index contributed by atoms with van der Waals surface area (Å²) in [6, 6.07) is 1.14. The van der Waals surface area contributed by atoms with E-state index in [0.29, 0.717) is 9.52 Å². The molecule has 0 rings (SSSR count). The minimum absolute atomic E-state index is 0.144. The van der Waals surface area contributed by atoms with Crippen molar-refractivity contribution in [1.29, 1.82) is 0 Å². The van der Waals surface area contributed by atoms with E-state index in [4.69, 9.17) is 23.2 Å². The molecule has 8 heavy (non-hydrogen) atoms. The van der Waals surface area contributed by atoms with Crippen LogP contribution in [0.1, 0.15) is 6.42 Å². The van der Waals surface area contributed by atoms with E-state index in [1.807, 2.05) is 0 Å². The zero-order valence-electron chi connectivity index (χ0n) is 4.33. The van der Waals surface area contributed by atoms with Gasteiger partial charge in [0.05, 0.1) is 14.0 Å². The Morgan fingerprint density at radius 3 is 2.50 bits per heavy atom. The highest BCUT2D eigenvalue weighted by atomic mass is 79.9. The molecule has 0 aromatic rings. The molecule has 0 nitrogen and oxygen atoms in total. The molecule has 48 valence electrons.